The van der Waals surface area contributed by atoms with Crippen LogP contribution in [0.3, 0.4) is 0 Å². The van der Waals surface area contributed by atoms with Crippen molar-refractivity contribution in [1.82, 2.24) is 5.32 Å². The van der Waals surface area contributed by atoms with E-state index in [0.717, 1.165) is 26.1 Å². The molecule has 1 rings (SSSR count). The Bertz CT molecular complexity index is 125. The van der Waals surface area contributed by atoms with Gasteiger partial charge in [0, 0.05) is 25.8 Å². The molecule has 2 N–H and O–H groups in total. The van der Waals surface area contributed by atoms with Crippen molar-refractivity contribution >= 4 is 0 Å². The van der Waals surface area contributed by atoms with Crippen LogP contribution in [0, 0.1) is 0 Å². The fourth-order valence-electron chi connectivity index (χ4n) is 1.30. The van der Waals surface area contributed by atoms with Crippen LogP contribution in [0.4, 0.5) is 0 Å². The fraction of sp³-hybridized carbons (Fsp3) is 1.00. The van der Waals surface area contributed by atoms with E-state index in [0.29, 0.717) is 12.6 Å². The largest absolute Gasteiger partial charge is 0.389 e. The highest BCUT2D eigenvalue weighted by molar-refractivity contribution is 4.75. The lowest BCUT2D eigenvalue weighted by atomic mass is 10.1. The molecule has 1 fully saturated rings. The lowest BCUT2D eigenvalue weighted by Crippen LogP contribution is -2.42. The molecule has 0 aliphatic carbocycles. The first kappa shape index (κ1) is 9.96. The highest BCUT2D eigenvalue weighted by Crippen LogP contribution is 2.07. The minimum absolute atomic E-state index is 0.533. The van der Waals surface area contributed by atoms with Crippen LogP contribution in [-0.2, 0) is 4.74 Å². The predicted molar refractivity (Wildman–Crippen MR) is 48.1 cm³/mol. The molecule has 0 atom stereocenters. The molecule has 0 aromatic carbocycles. The standard InChI is InChI=1S/C9H19NO2/c1-9(2,11)7-10-8-3-5-12-6-4-8/h8,10-11H,3-7H2,1-2H3. The lowest BCUT2D eigenvalue weighted by molar-refractivity contribution is 0.0520. The first-order valence-corrected chi connectivity index (χ1v) is 4.61. The van der Waals surface area contributed by atoms with Gasteiger partial charge in [-0.3, -0.25) is 0 Å². The first-order valence-electron chi connectivity index (χ1n) is 4.61. The van der Waals surface area contributed by atoms with Gasteiger partial charge in [0.1, 0.15) is 0 Å². The van der Waals surface area contributed by atoms with Gasteiger partial charge in [-0.15, -0.1) is 0 Å². The second kappa shape index (κ2) is 4.21. The molecule has 1 saturated heterocycles. The Morgan fingerprint density at radius 1 is 1.42 bits per heavy atom. The minimum atomic E-state index is -0.599. The highest BCUT2D eigenvalue weighted by atomic mass is 16.5. The van der Waals surface area contributed by atoms with Gasteiger partial charge >= 0.3 is 0 Å². The average molecular weight is 173 g/mol. The lowest BCUT2D eigenvalue weighted by Gasteiger charge is -2.26. The summed E-state index contributed by atoms with van der Waals surface area (Å²) in [6.07, 6.45) is 2.13. The number of rotatable bonds is 3. The van der Waals surface area contributed by atoms with Crippen LogP contribution < -0.4 is 5.32 Å². The van der Waals surface area contributed by atoms with Crippen LogP contribution >= 0.6 is 0 Å². The van der Waals surface area contributed by atoms with Crippen molar-refractivity contribution in [2.24, 2.45) is 0 Å². The maximum atomic E-state index is 9.45. The van der Waals surface area contributed by atoms with Crippen LogP contribution in [-0.4, -0.2) is 36.5 Å². The van der Waals surface area contributed by atoms with Crippen LogP contribution in [0.25, 0.3) is 0 Å². The van der Waals surface area contributed by atoms with E-state index in [1.54, 1.807) is 0 Å². The van der Waals surface area contributed by atoms with Gasteiger partial charge < -0.3 is 15.2 Å². The van der Waals surface area contributed by atoms with E-state index >= 15 is 0 Å². The summed E-state index contributed by atoms with van der Waals surface area (Å²) in [7, 11) is 0. The molecule has 0 spiro atoms. The summed E-state index contributed by atoms with van der Waals surface area (Å²) < 4.78 is 5.23. The monoisotopic (exact) mass is 173 g/mol. The van der Waals surface area contributed by atoms with Gasteiger partial charge in [0.15, 0.2) is 0 Å². The van der Waals surface area contributed by atoms with E-state index in [9.17, 15) is 5.11 Å². The Hall–Kier alpha value is -0.120. The van der Waals surface area contributed by atoms with Crippen molar-refractivity contribution in [2.45, 2.75) is 38.3 Å². The molecule has 1 aliphatic rings. The van der Waals surface area contributed by atoms with Crippen molar-refractivity contribution in [3.05, 3.63) is 0 Å². The molecule has 0 saturated carbocycles. The van der Waals surface area contributed by atoms with E-state index in [1.165, 1.54) is 0 Å². The predicted octanol–water partition coefficient (Wildman–Crippen LogP) is 0.526. The Kier molecular flexibility index (Phi) is 3.50. The fourth-order valence-corrected chi connectivity index (χ4v) is 1.30. The summed E-state index contributed by atoms with van der Waals surface area (Å²) in [5.74, 6) is 0. The third-order valence-electron chi connectivity index (χ3n) is 2.04. The molecule has 72 valence electrons. The first-order chi connectivity index (χ1) is 5.58. The number of hydrogen-bond acceptors (Lipinski definition) is 3. The van der Waals surface area contributed by atoms with Crippen LogP contribution in [0.5, 0.6) is 0 Å². The van der Waals surface area contributed by atoms with Crippen molar-refractivity contribution < 1.29 is 9.84 Å². The molecule has 1 aliphatic heterocycles. The van der Waals surface area contributed by atoms with E-state index in [1.807, 2.05) is 13.8 Å². The summed E-state index contributed by atoms with van der Waals surface area (Å²) in [5.41, 5.74) is -0.599. The molecular weight excluding hydrogens is 154 g/mol. The van der Waals surface area contributed by atoms with Crippen molar-refractivity contribution in [3.8, 4) is 0 Å². The highest BCUT2D eigenvalue weighted by Gasteiger charge is 2.17. The number of aliphatic hydroxyl groups is 1. The molecule has 0 aromatic heterocycles. The van der Waals surface area contributed by atoms with Gasteiger partial charge in [-0.25, -0.2) is 0 Å². The summed E-state index contributed by atoms with van der Waals surface area (Å²) in [5, 5.41) is 12.8. The molecule has 0 amide bonds. The summed E-state index contributed by atoms with van der Waals surface area (Å²) >= 11 is 0. The maximum Gasteiger partial charge on any atom is 0.0715 e. The Morgan fingerprint density at radius 2 is 2.00 bits per heavy atom. The summed E-state index contributed by atoms with van der Waals surface area (Å²) in [6, 6.07) is 0.533. The van der Waals surface area contributed by atoms with Gasteiger partial charge in [-0.1, -0.05) is 0 Å². The summed E-state index contributed by atoms with van der Waals surface area (Å²) in [6.45, 7) is 6.00. The van der Waals surface area contributed by atoms with E-state index in [2.05, 4.69) is 5.32 Å². The number of hydrogen-bond donors (Lipinski definition) is 2. The van der Waals surface area contributed by atoms with Crippen LogP contribution in [0.15, 0.2) is 0 Å². The van der Waals surface area contributed by atoms with E-state index < -0.39 is 5.60 Å². The van der Waals surface area contributed by atoms with Gasteiger partial charge in [-0.2, -0.15) is 0 Å². The van der Waals surface area contributed by atoms with E-state index in [4.69, 9.17) is 4.74 Å². The Labute approximate surface area is 74.1 Å². The molecule has 0 unspecified atom stereocenters. The zero-order valence-electron chi connectivity index (χ0n) is 7.97. The number of nitrogens with one attached hydrogen (secondary N) is 1. The number of ether oxygens (including phenoxy) is 1. The minimum Gasteiger partial charge on any atom is -0.389 e. The third-order valence-corrected chi connectivity index (χ3v) is 2.04. The van der Waals surface area contributed by atoms with Crippen molar-refractivity contribution in [2.75, 3.05) is 19.8 Å². The molecule has 3 heteroatoms. The molecule has 0 aromatic rings. The maximum absolute atomic E-state index is 9.45. The second-order valence-electron chi connectivity index (χ2n) is 4.08. The van der Waals surface area contributed by atoms with Crippen LogP contribution in [0.1, 0.15) is 26.7 Å². The van der Waals surface area contributed by atoms with Crippen LogP contribution in [0.2, 0.25) is 0 Å². The SMILES string of the molecule is CC(C)(O)CNC1CCOCC1. The van der Waals surface area contributed by atoms with Gasteiger partial charge in [0.05, 0.1) is 5.60 Å². The normalized spacial score (nSPS) is 21.2. The van der Waals surface area contributed by atoms with Crippen molar-refractivity contribution in [1.29, 1.82) is 0 Å². The zero-order valence-corrected chi connectivity index (χ0v) is 7.97. The molecular formula is C9H19NO2. The van der Waals surface area contributed by atoms with Gasteiger partial charge in [-0.05, 0) is 26.7 Å². The molecule has 1 heterocycles. The Morgan fingerprint density at radius 3 is 2.50 bits per heavy atom. The molecule has 0 radical (unpaired) electrons. The average Bonchev–Trinajstić information content (AvgIpc) is 2.02. The smallest absolute Gasteiger partial charge is 0.0715 e. The third kappa shape index (κ3) is 4.04. The quantitative estimate of drug-likeness (QED) is 0.654. The van der Waals surface area contributed by atoms with Gasteiger partial charge in [0.2, 0.25) is 0 Å². The van der Waals surface area contributed by atoms with Gasteiger partial charge in [0.25, 0.3) is 0 Å². The second-order valence-corrected chi connectivity index (χ2v) is 4.08. The zero-order chi connectivity index (χ0) is 9.03. The topological polar surface area (TPSA) is 41.5 Å². The summed E-state index contributed by atoms with van der Waals surface area (Å²) in [4.78, 5) is 0. The molecule has 12 heavy (non-hydrogen) atoms. The molecule has 0 bridgehead atoms. The Balaban J connectivity index is 2.13. The molecule has 3 nitrogen and oxygen atoms in total. The van der Waals surface area contributed by atoms with Crippen molar-refractivity contribution in [3.63, 3.8) is 0 Å². The van der Waals surface area contributed by atoms with E-state index in [-0.39, 0.29) is 0 Å².